The number of benzene rings is 2. The number of hydrogen-bond donors (Lipinski definition) is 3. The van der Waals surface area contributed by atoms with Gasteiger partial charge in [0, 0.05) is 16.8 Å². The predicted molar refractivity (Wildman–Crippen MR) is 82.8 cm³/mol. The lowest BCUT2D eigenvalue weighted by Gasteiger charge is -2.11. The van der Waals surface area contributed by atoms with Crippen molar-refractivity contribution in [3.63, 3.8) is 0 Å². The predicted octanol–water partition coefficient (Wildman–Crippen LogP) is 2.65. The van der Waals surface area contributed by atoms with E-state index in [1.54, 1.807) is 24.3 Å². The van der Waals surface area contributed by atoms with E-state index in [9.17, 15) is 4.79 Å². The highest BCUT2D eigenvalue weighted by atomic mass is 16.4. The minimum Gasteiger partial charge on any atom is -0.409 e. The van der Waals surface area contributed by atoms with Gasteiger partial charge in [0.15, 0.2) is 5.84 Å². The number of anilines is 1. The first-order valence-corrected chi connectivity index (χ1v) is 6.48. The summed E-state index contributed by atoms with van der Waals surface area (Å²) in [4.78, 5) is 12.3. The maximum Gasteiger partial charge on any atom is 0.255 e. The second-order valence-electron chi connectivity index (χ2n) is 4.79. The van der Waals surface area contributed by atoms with Crippen molar-refractivity contribution < 1.29 is 10.0 Å². The topological polar surface area (TPSA) is 87.7 Å². The highest BCUT2D eigenvalue weighted by molar-refractivity contribution is 6.07. The number of aryl methyl sites for hydroxylation is 2. The normalized spacial score (nSPS) is 11.2. The molecule has 1 amide bonds. The molecule has 0 spiro atoms. The third-order valence-electron chi connectivity index (χ3n) is 3.25. The zero-order valence-electron chi connectivity index (χ0n) is 11.9. The molecule has 4 N–H and O–H groups in total. The number of rotatable bonds is 3. The summed E-state index contributed by atoms with van der Waals surface area (Å²) in [5.41, 5.74) is 9.27. The Kier molecular flexibility index (Phi) is 4.23. The number of amides is 1. The van der Waals surface area contributed by atoms with Gasteiger partial charge in [-0.05, 0) is 37.1 Å². The number of carbonyl (C=O) groups is 1. The molecule has 0 fully saturated rings. The minimum absolute atomic E-state index is 0.0308. The Morgan fingerprint density at radius 3 is 2.29 bits per heavy atom. The number of nitrogens with zero attached hydrogens (tertiary/aromatic N) is 1. The van der Waals surface area contributed by atoms with Gasteiger partial charge in [-0.25, -0.2) is 0 Å². The maximum atomic E-state index is 12.3. The van der Waals surface area contributed by atoms with Crippen LogP contribution in [0, 0.1) is 13.8 Å². The first-order chi connectivity index (χ1) is 10.0. The Morgan fingerprint density at radius 1 is 1.10 bits per heavy atom. The number of oxime groups is 1. The third kappa shape index (κ3) is 3.20. The van der Waals surface area contributed by atoms with E-state index in [0.29, 0.717) is 11.1 Å². The van der Waals surface area contributed by atoms with Crippen molar-refractivity contribution in [3.05, 3.63) is 64.7 Å². The van der Waals surface area contributed by atoms with E-state index in [0.717, 1.165) is 16.8 Å². The van der Waals surface area contributed by atoms with Gasteiger partial charge in [-0.2, -0.15) is 0 Å². The van der Waals surface area contributed by atoms with Gasteiger partial charge in [0.1, 0.15) is 0 Å². The van der Waals surface area contributed by atoms with Gasteiger partial charge in [0.2, 0.25) is 0 Å². The zero-order chi connectivity index (χ0) is 15.4. The van der Waals surface area contributed by atoms with E-state index in [1.165, 1.54) is 0 Å². The van der Waals surface area contributed by atoms with Gasteiger partial charge in [0.05, 0.1) is 0 Å². The second-order valence-corrected chi connectivity index (χ2v) is 4.79. The second kappa shape index (κ2) is 6.09. The Balaban J connectivity index is 2.29. The molecule has 5 heteroatoms. The third-order valence-corrected chi connectivity index (χ3v) is 3.25. The molecule has 0 aliphatic carbocycles. The van der Waals surface area contributed by atoms with Crippen molar-refractivity contribution in [2.75, 3.05) is 5.32 Å². The molecule has 108 valence electrons. The lowest BCUT2D eigenvalue weighted by molar-refractivity contribution is 0.102. The Hall–Kier alpha value is -2.82. The monoisotopic (exact) mass is 283 g/mol. The lowest BCUT2D eigenvalue weighted by atomic mass is 10.1. The average Bonchev–Trinajstić information content (AvgIpc) is 2.50. The summed E-state index contributed by atoms with van der Waals surface area (Å²) in [7, 11) is 0. The Labute approximate surface area is 123 Å². The summed E-state index contributed by atoms with van der Waals surface area (Å²) in [5.74, 6) is -0.267. The van der Waals surface area contributed by atoms with E-state index in [2.05, 4.69) is 10.5 Å². The molecule has 0 unspecified atom stereocenters. The van der Waals surface area contributed by atoms with E-state index < -0.39 is 0 Å². The van der Waals surface area contributed by atoms with Crippen LogP contribution in [0.3, 0.4) is 0 Å². The van der Waals surface area contributed by atoms with Crippen LogP contribution < -0.4 is 11.1 Å². The van der Waals surface area contributed by atoms with Crippen LogP contribution in [0.25, 0.3) is 0 Å². The quantitative estimate of drug-likeness (QED) is 0.350. The summed E-state index contributed by atoms with van der Waals surface area (Å²) in [6.45, 7) is 3.88. The summed E-state index contributed by atoms with van der Waals surface area (Å²) in [6, 6.07) is 12.4. The van der Waals surface area contributed by atoms with Crippen LogP contribution in [0.4, 0.5) is 5.69 Å². The molecule has 0 aromatic heterocycles. The molecule has 2 aromatic carbocycles. The fourth-order valence-corrected chi connectivity index (χ4v) is 2.07. The van der Waals surface area contributed by atoms with Crippen molar-refractivity contribution in [3.8, 4) is 0 Å². The minimum atomic E-state index is -0.236. The standard InChI is InChI=1S/C16H17N3O2/c1-10-5-3-6-11(2)14(10)18-16(20)13-8-4-7-12(9-13)15(17)19-21/h3-9,21H,1-2H3,(H2,17,19)(H,18,20). The molecular weight excluding hydrogens is 266 g/mol. The average molecular weight is 283 g/mol. The van der Waals surface area contributed by atoms with Gasteiger partial charge in [0.25, 0.3) is 5.91 Å². The lowest BCUT2D eigenvalue weighted by Crippen LogP contribution is -2.17. The van der Waals surface area contributed by atoms with Crippen LogP contribution >= 0.6 is 0 Å². The van der Waals surface area contributed by atoms with Crippen LogP contribution in [-0.4, -0.2) is 17.0 Å². The molecule has 2 aromatic rings. The number of amidine groups is 1. The number of nitrogens with two attached hydrogens (primary N) is 1. The van der Waals surface area contributed by atoms with E-state index >= 15 is 0 Å². The van der Waals surface area contributed by atoms with Crippen LogP contribution in [0.2, 0.25) is 0 Å². The molecule has 21 heavy (non-hydrogen) atoms. The smallest absolute Gasteiger partial charge is 0.255 e. The fraction of sp³-hybridized carbons (Fsp3) is 0.125. The van der Waals surface area contributed by atoms with E-state index in [1.807, 2.05) is 32.0 Å². The van der Waals surface area contributed by atoms with Gasteiger partial charge < -0.3 is 16.3 Å². The summed E-state index contributed by atoms with van der Waals surface area (Å²) in [5, 5.41) is 14.5. The SMILES string of the molecule is Cc1cccc(C)c1NC(=O)c1cccc(/C(N)=N/O)c1. The molecule has 0 bridgehead atoms. The van der Waals surface area contributed by atoms with Gasteiger partial charge in [-0.15, -0.1) is 0 Å². The fourth-order valence-electron chi connectivity index (χ4n) is 2.07. The number of carbonyl (C=O) groups excluding carboxylic acids is 1. The van der Waals surface area contributed by atoms with Crippen LogP contribution in [0.1, 0.15) is 27.0 Å². The van der Waals surface area contributed by atoms with Gasteiger partial charge in [-0.1, -0.05) is 35.5 Å². The summed E-state index contributed by atoms with van der Waals surface area (Å²) >= 11 is 0. The van der Waals surface area contributed by atoms with Crippen LogP contribution in [0.5, 0.6) is 0 Å². The molecular formula is C16H17N3O2. The number of nitrogens with one attached hydrogen (secondary N) is 1. The van der Waals surface area contributed by atoms with Gasteiger partial charge >= 0.3 is 0 Å². The van der Waals surface area contributed by atoms with Crippen molar-refractivity contribution >= 4 is 17.4 Å². The molecule has 0 aliphatic heterocycles. The van der Waals surface area contributed by atoms with Crippen molar-refractivity contribution in [2.45, 2.75) is 13.8 Å². The number of para-hydroxylation sites is 1. The highest BCUT2D eigenvalue weighted by Gasteiger charge is 2.11. The molecule has 0 saturated carbocycles. The first kappa shape index (κ1) is 14.6. The molecule has 0 atom stereocenters. The van der Waals surface area contributed by atoms with Crippen LogP contribution in [0.15, 0.2) is 47.6 Å². The van der Waals surface area contributed by atoms with Crippen molar-refractivity contribution in [2.24, 2.45) is 10.9 Å². The largest absolute Gasteiger partial charge is 0.409 e. The Bertz CT molecular complexity index is 688. The molecule has 5 nitrogen and oxygen atoms in total. The van der Waals surface area contributed by atoms with E-state index in [-0.39, 0.29) is 11.7 Å². The maximum absolute atomic E-state index is 12.3. The molecule has 0 heterocycles. The molecule has 2 rings (SSSR count). The van der Waals surface area contributed by atoms with Crippen LogP contribution in [-0.2, 0) is 0 Å². The molecule has 0 saturated heterocycles. The van der Waals surface area contributed by atoms with Gasteiger partial charge in [-0.3, -0.25) is 4.79 Å². The van der Waals surface area contributed by atoms with Crippen molar-refractivity contribution in [1.29, 1.82) is 0 Å². The molecule has 0 aliphatic rings. The van der Waals surface area contributed by atoms with Crippen molar-refractivity contribution in [1.82, 2.24) is 0 Å². The van der Waals surface area contributed by atoms with E-state index in [4.69, 9.17) is 10.9 Å². The zero-order valence-corrected chi connectivity index (χ0v) is 11.9. The summed E-state index contributed by atoms with van der Waals surface area (Å²) < 4.78 is 0. The molecule has 0 radical (unpaired) electrons. The highest BCUT2D eigenvalue weighted by Crippen LogP contribution is 2.20. The Morgan fingerprint density at radius 2 is 1.67 bits per heavy atom. The number of hydrogen-bond acceptors (Lipinski definition) is 3. The summed E-state index contributed by atoms with van der Waals surface area (Å²) in [6.07, 6.45) is 0. The first-order valence-electron chi connectivity index (χ1n) is 6.48.